The highest BCUT2D eigenvalue weighted by Crippen LogP contribution is 2.35. The lowest BCUT2D eigenvalue weighted by molar-refractivity contribution is -0.143. The Kier molecular flexibility index (Phi) is 5.66. The summed E-state index contributed by atoms with van der Waals surface area (Å²) < 4.78 is 67.6. The number of pyridine rings is 1. The predicted molar refractivity (Wildman–Crippen MR) is 67.3 cm³/mol. The van der Waals surface area contributed by atoms with Gasteiger partial charge < -0.3 is 4.74 Å². The number of halogens is 6. The average Bonchev–Trinajstić information content (AvgIpc) is 2.29. The molecule has 0 aliphatic carbocycles. The minimum absolute atomic E-state index is 0.00672. The zero-order valence-corrected chi connectivity index (χ0v) is 12.3. The van der Waals surface area contributed by atoms with E-state index in [1.807, 2.05) is 0 Å². The minimum Gasteiger partial charge on any atom is -0.466 e. The molecule has 20 heavy (non-hydrogen) atoms. The third-order valence-corrected chi connectivity index (χ3v) is 3.06. The third-order valence-electron chi connectivity index (χ3n) is 2.24. The van der Waals surface area contributed by atoms with Gasteiger partial charge in [0, 0.05) is 0 Å². The van der Waals surface area contributed by atoms with Gasteiger partial charge in [0.05, 0.1) is 18.6 Å². The van der Waals surface area contributed by atoms with Crippen LogP contribution in [-0.2, 0) is 22.1 Å². The van der Waals surface area contributed by atoms with Crippen molar-refractivity contribution in [3.05, 3.63) is 26.6 Å². The second-order valence-electron chi connectivity index (χ2n) is 3.65. The minimum atomic E-state index is -4.73. The fraction of sp³-hybridized carbons (Fsp3) is 0.455. The van der Waals surface area contributed by atoms with Crippen molar-refractivity contribution in [3.8, 4) is 0 Å². The summed E-state index contributed by atoms with van der Waals surface area (Å²) in [6, 6.07) is 0.521. The van der Waals surface area contributed by atoms with Crippen LogP contribution in [0.25, 0.3) is 0 Å². The standard InChI is InChI=1S/C11H9F5INO2/c1-2-20-7(19)4-5-3-6(11(14,15)16)10(17)18-8(5)9(12)13/h3,9H,2,4H2,1H3. The molecule has 1 heterocycles. The molecule has 0 atom stereocenters. The van der Waals surface area contributed by atoms with Gasteiger partial charge in [-0.1, -0.05) is 0 Å². The molecule has 0 amide bonds. The molecule has 3 nitrogen and oxygen atoms in total. The van der Waals surface area contributed by atoms with Crippen LogP contribution in [0.15, 0.2) is 6.07 Å². The molecule has 0 radical (unpaired) electrons. The van der Waals surface area contributed by atoms with Gasteiger partial charge in [-0.2, -0.15) is 13.2 Å². The summed E-state index contributed by atoms with van der Waals surface area (Å²) in [6.07, 6.45) is -8.48. The van der Waals surface area contributed by atoms with E-state index < -0.39 is 45.5 Å². The number of hydrogen-bond acceptors (Lipinski definition) is 3. The van der Waals surface area contributed by atoms with Crippen LogP contribution in [0.4, 0.5) is 22.0 Å². The number of rotatable bonds is 4. The lowest BCUT2D eigenvalue weighted by Crippen LogP contribution is -2.16. The van der Waals surface area contributed by atoms with E-state index in [1.54, 1.807) is 0 Å². The SMILES string of the molecule is CCOC(=O)Cc1cc(C(F)(F)F)c(I)nc1C(F)F. The van der Waals surface area contributed by atoms with Crippen molar-refractivity contribution in [1.29, 1.82) is 0 Å². The Morgan fingerprint density at radius 1 is 1.45 bits per heavy atom. The van der Waals surface area contributed by atoms with Crippen molar-refractivity contribution < 1.29 is 31.5 Å². The van der Waals surface area contributed by atoms with Crippen molar-refractivity contribution in [2.45, 2.75) is 25.9 Å². The van der Waals surface area contributed by atoms with Gasteiger partial charge in [-0.25, -0.2) is 13.8 Å². The number of hydrogen-bond donors (Lipinski definition) is 0. The van der Waals surface area contributed by atoms with E-state index in [9.17, 15) is 26.7 Å². The molecule has 0 unspecified atom stereocenters. The molecule has 0 bridgehead atoms. The molecule has 1 rings (SSSR count). The number of carbonyl (C=O) groups excluding carboxylic acids is 1. The molecule has 0 N–H and O–H groups in total. The lowest BCUT2D eigenvalue weighted by atomic mass is 10.1. The van der Waals surface area contributed by atoms with Gasteiger partial charge in [0.25, 0.3) is 6.43 Å². The van der Waals surface area contributed by atoms with E-state index in [4.69, 9.17) is 0 Å². The number of alkyl halides is 5. The van der Waals surface area contributed by atoms with Gasteiger partial charge in [0.1, 0.15) is 9.39 Å². The molecular formula is C11H9F5INO2. The summed E-state index contributed by atoms with van der Waals surface area (Å²) in [6.45, 7) is 1.51. The van der Waals surface area contributed by atoms with E-state index in [0.29, 0.717) is 6.07 Å². The molecule has 0 fully saturated rings. The first-order chi connectivity index (χ1) is 9.16. The maximum atomic E-state index is 12.8. The Morgan fingerprint density at radius 3 is 2.50 bits per heavy atom. The quantitative estimate of drug-likeness (QED) is 0.329. The van der Waals surface area contributed by atoms with E-state index >= 15 is 0 Å². The van der Waals surface area contributed by atoms with Gasteiger partial charge in [-0.3, -0.25) is 4.79 Å². The molecule has 0 aromatic carbocycles. The monoisotopic (exact) mass is 409 g/mol. The molecule has 1 aromatic rings. The highest BCUT2D eigenvalue weighted by atomic mass is 127. The summed E-state index contributed by atoms with van der Waals surface area (Å²) in [5, 5.41) is 0. The second kappa shape index (κ2) is 6.64. The summed E-state index contributed by atoms with van der Waals surface area (Å²) in [5.74, 6) is -0.884. The van der Waals surface area contributed by atoms with Crippen LogP contribution in [-0.4, -0.2) is 17.6 Å². The van der Waals surface area contributed by atoms with E-state index in [0.717, 1.165) is 0 Å². The largest absolute Gasteiger partial charge is 0.466 e. The van der Waals surface area contributed by atoms with Crippen molar-refractivity contribution in [2.24, 2.45) is 0 Å². The Bertz CT molecular complexity index is 504. The van der Waals surface area contributed by atoms with Gasteiger partial charge in [-0.15, -0.1) is 0 Å². The number of nitrogens with zero attached hydrogens (tertiary/aromatic N) is 1. The molecule has 1 aromatic heterocycles. The number of carbonyl (C=O) groups is 1. The van der Waals surface area contributed by atoms with Crippen LogP contribution in [0, 0.1) is 3.70 Å². The Hall–Kier alpha value is -1.00. The van der Waals surface area contributed by atoms with Crippen molar-refractivity contribution in [2.75, 3.05) is 6.61 Å². The van der Waals surface area contributed by atoms with Crippen LogP contribution in [0.1, 0.15) is 30.2 Å². The first-order valence-corrected chi connectivity index (χ1v) is 6.45. The van der Waals surface area contributed by atoms with Crippen LogP contribution in [0.2, 0.25) is 0 Å². The first-order valence-electron chi connectivity index (χ1n) is 5.37. The average molecular weight is 409 g/mol. The van der Waals surface area contributed by atoms with E-state index in [2.05, 4.69) is 9.72 Å². The summed E-state index contributed by atoms with van der Waals surface area (Å²) in [5.41, 5.74) is -2.47. The maximum absolute atomic E-state index is 12.8. The molecule has 0 saturated heterocycles. The van der Waals surface area contributed by atoms with Crippen LogP contribution < -0.4 is 0 Å². The molecular weight excluding hydrogens is 400 g/mol. The summed E-state index contributed by atoms with van der Waals surface area (Å²) >= 11 is 1.23. The highest BCUT2D eigenvalue weighted by molar-refractivity contribution is 14.1. The van der Waals surface area contributed by atoms with Crippen LogP contribution in [0.5, 0.6) is 0 Å². The number of esters is 1. The van der Waals surface area contributed by atoms with Gasteiger partial charge in [0.2, 0.25) is 0 Å². The topological polar surface area (TPSA) is 39.2 Å². The zero-order chi connectivity index (χ0) is 15.5. The zero-order valence-electron chi connectivity index (χ0n) is 10.1. The van der Waals surface area contributed by atoms with Crippen molar-refractivity contribution >= 4 is 28.6 Å². The molecule has 0 aliphatic heterocycles. The summed E-state index contributed by atoms with van der Waals surface area (Å²) in [7, 11) is 0. The Labute approximate surface area is 124 Å². The van der Waals surface area contributed by atoms with Crippen LogP contribution >= 0.6 is 22.6 Å². The molecule has 112 valence electrons. The second-order valence-corrected chi connectivity index (χ2v) is 4.67. The Balaban J connectivity index is 3.27. The van der Waals surface area contributed by atoms with E-state index in [1.165, 1.54) is 29.5 Å². The van der Waals surface area contributed by atoms with Gasteiger partial charge in [0.15, 0.2) is 0 Å². The number of aromatic nitrogens is 1. The first kappa shape index (κ1) is 17.1. The molecule has 0 saturated carbocycles. The van der Waals surface area contributed by atoms with Crippen LogP contribution in [0.3, 0.4) is 0 Å². The Morgan fingerprint density at radius 2 is 2.05 bits per heavy atom. The third kappa shape index (κ3) is 4.25. The van der Waals surface area contributed by atoms with Crippen molar-refractivity contribution in [3.63, 3.8) is 0 Å². The fourth-order valence-corrected chi connectivity index (χ4v) is 2.16. The fourth-order valence-electron chi connectivity index (χ4n) is 1.44. The smallest absolute Gasteiger partial charge is 0.418 e. The molecule has 0 spiro atoms. The van der Waals surface area contributed by atoms with Crippen molar-refractivity contribution in [1.82, 2.24) is 4.98 Å². The van der Waals surface area contributed by atoms with Gasteiger partial charge >= 0.3 is 12.1 Å². The summed E-state index contributed by atoms with van der Waals surface area (Å²) in [4.78, 5) is 14.5. The predicted octanol–water partition coefficient (Wildman–Crippen LogP) is 3.75. The van der Waals surface area contributed by atoms with Gasteiger partial charge in [-0.05, 0) is 41.1 Å². The molecule has 9 heteroatoms. The normalized spacial score (nSPS) is 11.8. The molecule has 0 aliphatic rings. The van der Waals surface area contributed by atoms with E-state index in [-0.39, 0.29) is 6.61 Å². The maximum Gasteiger partial charge on any atom is 0.418 e. The number of ether oxygens (including phenoxy) is 1. The lowest BCUT2D eigenvalue weighted by Gasteiger charge is -2.14. The highest BCUT2D eigenvalue weighted by Gasteiger charge is 2.35.